The highest BCUT2D eigenvalue weighted by atomic mass is 14.4. The van der Waals surface area contributed by atoms with Crippen LogP contribution in [0, 0.1) is 11.8 Å². The molecule has 0 aromatic heterocycles. The summed E-state index contributed by atoms with van der Waals surface area (Å²) < 4.78 is 8.34. The minimum atomic E-state index is -0.114. The van der Waals surface area contributed by atoms with Crippen molar-refractivity contribution in [2.45, 2.75) is 58.3 Å². The fraction of sp³-hybridized carbons (Fsp3) is 0.846. The molecule has 2 aliphatic rings. The first-order chi connectivity index (χ1) is 6.74. The van der Waals surface area contributed by atoms with E-state index in [9.17, 15) is 0 Å². The van der Waals surface area contributed by atoms with Gasteiger partial charge in [-0.25, -0.2) is 0 Å². The van der Waals surface area contributed by atoms with Crippen molar-refractivity contribution in [2.75, 3.05) is 0 Å². The molecule has 1 unspecified atom stereocenters. The Hall–Kier alpha value is -0.260. The van der Waals surface area contributed by atoms with Gasteiger partial charge < -0.3 is 0 Å². The summed E-state index contributed by atoms with van der Waals surface area (Å²) in [5.41, 5.74) is 1.48. The second-order valence-corrected chi connectivity index (χ2v) is 4.61. The second-order valence-electron chi connectivity index (χ2n) is 4.61. The predicted molar refractivity (Wildman–Crippen MR) is 57.7 cm³/mol. The van der Waals surface area contributed by atoms with Gasteiger partial charge in [0.1, 0.15) is 0 Å². The van der Waals surface area contributed by atoms with E-state index in [2.05, 4.69) is 13.0 Å². The lowest BCUT2D eigenvalue weighted by Gasteiger charge is -2.12. The van der Waals surface area contributed by atoms with Crippen LogP contribution >= 0.6 is 0 Å². The third-order valence-corrected chi connectivity index (χ3v) is 3.52. The number of allylic oxidation sites excluding steroid dienone is 2. The molecular formula is C13H22. The molecule has 0 radical (unpaired) electrons. The molecule has 0 heterocycles. The van der Waals surface area contributed by atoms with Gasteiger partial charge in [-0.1, -0.05) is 37.8 Å². The summed E-state index contributed by atoms with van der Waals surface area (Å²) in [4.78, 5) is 0. The zero-order valence-electron chi connectivity index (χ0n) is 9.81. The third-order valence-electron chi connectivity index (χ3n) is 3.52. The molecule has 13 heavy (non-hydrogen) atoms. The minimum Gasteiger partial charge on any atom is -0.0819 e. The first kappa shape index (κ1) is 8.08. The Balaban J connectivity index is 1.79. The predicted octanol–water partition coefficient (Wildman–Crippen LogP) is 4.31. The van der Waals surface area contributed by atoms with Crippen molar-refractivity contribution in [1.82, 2.24) is 0 Å². The Kier molecular flexibility index (Phi) is 2.68. The summed E-state index contributed by atoms with van der Waals surface area (Å²) in [5, 5.41) is 0. The Morgan fingerprint density at radius 1 is 1.38 bits per heavy atom. The van der Waals surface area contributed by atoms with Crippen LogP contribution in [-0.4, -0.2) is 0 Å². The maximum Gasteiger partial charge on any atom is 0.0349 e. The summed E-state index contributed by atoms with van der Waals surface area (Å²) in [6.45, 7) is 2.25. The molecule has 0 N–H and O–H groups in total. The zero-order valence-corrected chi connectivity index (χ0v) is 8.81. The average molecular weight is 179 g/mol. The van der Waals surface area contributed by atoms with E-state index in [1.54, 1.807) is 0 Å². The largest absolute Gasteiger partial charge is 0.0819 e. The summed E-state index contributed by atoms with van der Waals surface area (Å²) in [6.07, 6.45) is 12.5. The van der Waals surface area contributed by atoms with Crippen LogP contribution in [0.3, 0.4) is 0 Å². The number of rotatable bonds is 5. The van der Waals surface area contributed by atoms with Crippen molar-refractivity contribution in [3.8, 4) is 0 Å². The summed E-state index contributed by atoms with van der Waals surface area (Å²) in [5.74, 6) is 0.658. The Morgan fingerprint density at radius 3 is 2.92 bits per heavy atom. The van der Waals surface area contributed by atoms with E-state index in [0.29, 0.717) is 0 Å². The van der Waals surface area contributed by atoms with Crippen molar-refractivity contribution in [1.29, 1.82) is 0 Å². The van der Waals surface area contributed by atoms with E-state index in [1.165, 1.54) is 44.1 Å². The molecule has 0 aliphatic heterocycles. The lowest BCUT2D eigenvalue weighted by atomic mass is 9.94. The van der Waals surface area contributed by atoms with Crippen LogP contribution in [0.2, 0.25) is 0 Å². The fourth-order valence-corrected chi connectivity index (χ4v) is 2.72. The lowest BCUT2D eigenvalue weighted by Crippen LogP contribution is -1.97. The van der Waals surface area contributed by atoms with Crippen LogP contribution in [0.15, 0.2) is 11.6 Å². The summed E-state index contributed by atoms with van der Waals surface area (Å²) in [6, 6.07) is 0. The Labute approximate surface area is 83.8 Å². The molecule has 2 bridgehead atoms. The molecule has 0 aromatic carbocycles. The minimum absolute atomic E-state index is 0.114. The molecule has 1 saturated carbocycles. The van der Waals surface area contributed by atoms with Gasteiger partial charge in [0.05, 0.1) is 0 Å². The van der Waals surface area contributed by atoms with E-state index in [1.807, 2.05) is 0 Å². The van der Waals surface area contributed by atoms with Gasteiger partial charge in [-0.3, -0.25) is 0 Å². The normalized spacial score (nSPS) is 37.8. The zero-order chi connectivity index (χ0) is 10.0. The molecular weight excluding hydrogens is 156 g/mol. The SMILES string of the molecule is [2H][C@]12CCC(C=C1CCCCCC)C2. The van der Waals surface area contributed by atoms with Crippen molar-refractivity contribution in [3.63, 3.8) is 0 Å². The maximum atomic E-state index is 8.34. The standard InChI is InChI=1S/C13H22/c1-2-3-4-5-6-12-9-11-7-8-13(12)10-11/h9,11,13H,2-8,10H2,1H3/t11?,13-/m1/s1/i13D. The van der Waals surface area contributed by atoms with Crippen LogP contribution in [0.25, 0.3) is 0 Å². The van der Waals surface area contributed by atoms with Crippen molar-refractivity contribution < 1.29 is 1.37 Å². The van der Waals surface area contributed by atoms with Gasteiger partial charge in [0.25, 0.3) is 0 Å². The molecule has 0 saturated heterocycles. The van der Waals surface area contributed by atoms with Crippen molar-refractivity contribution >= 4 is 0 Å². The molecule has 0 spiro atoms. The van der Waals surface area contributed by atoms with Gasteiger partial charge >= 0.3 is 0 Å². The molecule has 2 rings (SSSR count). The molecule has 2 aliphatic carbocycles. The lowest BCUT2D eigenvalue weighted by molar-refractivity contribution is 0.588. The van der Waals surface area contributed by atoms with Crippen LogP contribution in [0.5, 0.6) is 0 Å². The van der Waals surface area contributed by atoms with Gasteiger partial charge in [-0.2, -0.15) is 0 Å². The van der Waals surface area contributed by atoms with Gasteiger partial charge in [0.15, 0.2) is 0 Å². The molecule has 0 nitrogen and oxygen atoms in total. The van der Waals surface area contributed by atoms with E-state index in [4.69, 9.17) is 1.37 Å². The Bertz CT molecular complexity index is 231. The summed E-state index contributed by atoms with van der Waals surface area (Å²) >= 11 is 0. The molecule has 1 fully saturated rings. The monoisotopic (exact) mass is 179 g/mol. The van der Waals surface area contributed by atoms with Gasteiger partial charge in [-0.15, -0.1) is 0 Å². The van der Waals surface area contributed by atoms with E-state index in [-0.39, 0.29) is 5.89 Å². The second kappa shape index (κ2) is 4.30. The smallest absolute Gasteiger partial charge is 0.0349 e. The summed E-state index contributed by atoms with van der Waals surface area (Å²) in [7, 11) is 0. The third kappa shape index (κ3) is 2.15. The Morgan fingerprint density at radius 2 is 2.31 bits per heavy atom. The number of unbranched alkanes of at least 4 members (excludes halogenated alkanes) is 3. The number of hydrogen-bond donors (Lipinski definition) is 0. The molecule has 0 amide bonds. The number of fused-ring (bicyclic) bond motifs is 2. The molecule has 0 aromatic rings. The quantitative estimate of drug-likeness (QED) is 0.435. The van der Waals surface area contributed by atoms with Crippen LogP contribution in [0.4, 0.5) is 0 Å². The first-order valence-corrected chi connectivity index (χ1v) is 5.96. The van der Waals surface area contributed by atoms with E-state index in [0.717, 1.165) is 18.8 Å². The number of hydrogen-bond acceptors (Lipinski definition) is 0. The van der Waals surface area contributed by atoms with Gasteiger partial charge in [-0.05, 0) is 43.9 Å². The van der Waals surface area contributed by atoms with Crippen LogP contribution < -0.4 is 0 Å². The van der Waals surface area contributed by atoms with Crippen LogP contribution in [0.1, 0.15) is 59.7 Å². The van der Waals surface area contributed by atoms with E-state index < -0.39 is 0 Å². The van der Waals surface area contributed by atoms with Crippen molar-refractivity contribution in [3.05, 3.63) is 11.6 Å². The first-order valence-electron chi connectivity index (χ1n) is 6.46. The van der Waals surface area contributed by atoms with E-state index >= 15 is 0 Å². The maximum absolute atomic E-state index is 8.34. The molecule has 0 heteroatoms. The highest BCUT2D eigenvalue weighted by Crippen LogP contribution is 2.45. The topological polar surface area (TPSA) is 0 Å². The van der Waals surface area contributed by atoms with Gasteiger partial charge in [0, 0.05) is 1.37 Å². The highest BCUT2D eigenvalue weighted by Gasteiger charge is 2.31. The highest BCUT2D eigenvalue weighted by molar-refractivity contribution is 5.19. The molecule has 2 atom stereocenters. The fourth-order valence-electron chi connectivity index (χ4n) is 2.72. The molecule has 74 valence electrons. The van der Waals surface area contributed by atoms with Crippen molar-refractivity contribution in [2.24, 2.45) is 11.8 Å². The van der Waals surface area contributed by atoms with Gasteiger partial charge in [0.2, 0.25) is 0 Å². The average Bonchev–Trinajstić information content (AvgIpc) is 2.67. The van der Waals surface area contributed by atoms with Crippen LogP contribution in [-0.2, 0) is 0 Å².